The average Bonchev–Trinajstić information content (AvgIpc) is 2.79. The largest absolute Gasteiger partial charge is 0.478 e. The molecule has 0 aliphatic rings. The second-order valence-electron chi connectivity index (χ2n) is 5.33. The topological polar surface area (TPSA) is 88.5 Å². The minimum absolute atomic E-state index is 0.132. The van der Waals surface area contributed by atoms with Gasteiger partial charge in [0, 0.05) is 24.7 Å². The number of aliphatic hydroxyl groups excluding tert-OH is 1. The lowest BCUT2D eigenvalue weighted by Crippen LogP contribution is -2.07. The second kappa shape index (κ2) is 6.74. The fourth-order valence-corrected chi connectivity index (χ4v) is 2.72. The number of carboxylic acids is 1. The highest BCUT2D eigenvalue weighted by atomic mass is 16.4. The van der Waals surface area contributed by atoms with Gasteiger partial charge in [-0.05, 0) is 56.0 Å². The number of aliphatic hydroxyl groups is 1. The van der Waals surface area contributed by atoms with E-state index in [9.17, 15) is 9.90 Å². The molecule has 114 valence electrons. The Bertz CT molecular complexity index is 646. The zero-order valence-corrected chi connectivity index (χ0v) is 12.3. The maximum Gasteiger partial charge on any atom is 0.337 e. The van der Waals surface area contributed by atoms with Crippen molar-refractivity contribution in [2.75, 3.05) is 13.2 Å². The molecule has 1 heterocycles. The molecule has 0 saturated carbocycles. The summed E-state index contributed by atoms with van der Waals surface area (Å²) in [5.74, 6) is -0.912. The van der Waals surface area contributed by atoms with E-state index < -0.39 is 5.97 Å². The highest BCUT2D eigenvalue weighted by Gasteiger charge is 2.17. The van der Waals surface area contributed by atoms with Gasteiger partial charge in [-0.2, -0.15) is 0 Å². The van der Waals surface area contributed by atoms with Gasteiger partial charge in [-0.25, -0.2) is 4.79 Å². The molecule has 0 aliphatic carbocycles. The summed E-state index contributed by atoms with van der Waals surface area (Å²) in [6.07, 6.45) is 4.22. The number of nitrogens with zero attached hydrogens (tertiary/aromatic N) is 1. The summed E-state index contributed by atoms with van der Waals surface area (Å²) in [5.41, 5.74) is 8.67. The van der Waals surface area contributed by atoms with E-state index in [2.05, 4.69) is 0 Å². The van der Waals surface area contributed by atoms with Crippen molar-refractivity contribution in [1.29, 1.82) is 0 Å². The van der Waals surface area contributed by atoms with Gasteiger partial charge in [-0.15, -0.1) is 0 Å². The van der Waals surface area contributed by atoms with Gasteiger partial charge in [0.25, 0.3) is 0 Å². The molecule has 0 spiro atoms. The number of carboxylic acid groups (broad SMARTS) is 1. The summed E-state index contributed by atoms with van der Waals surface area (Å²) in [6, 6.07) is 3.73. The first-order chi connectivity index (χ1) is 10.1. The van der Waals surface area contributed by atoms with Crippen LogP contribution in [0.25, 0.3) is 10.9 Å². The number of aryl methyl sites for hydroxylation is 3. The van der Waals surface area contributed by atoms with Crippen LogP contribution < -0.4 is 5.73 Å². The molecule has 0 unspecified atom stereocenters. The minimum Gasteiger partial charge on any atom is -0.478 e. The van der Waals surface area contributed by atoms with E-state index in [4.69, 9.17) is 10.8 Å². The molecule has 0 bridgehead atoms. The molecule has 0 saturated heterocycles. The molecule has 2 aromatic rings. The van der Waals surface area contributed by atoms with E-state index in [1.54, 1.807) is 6.07 Å². The maximum atomic E-state index is 11.5. The second-order valence-corrected chi connectivity index (χ2v) is 5.33. The fraction of sp³-hybridized carbons (Fsp3) is 0.438. The van der Waals surface area contributed by atoms with Crippen LogP contribution in [0.3, 0.4) is 0 Å². The summed E-state index contributed by atoms with van der Waals surface area (Å²) in [4.78, 5) is 11.5. The summed E-state index contributed by atoms with van der Waals surface area (Å²) in [7, 11) is 0. The Hall–Kier alpha value is -1.85. The quantitative estimate of drug-likeness (QED) is 0.727. The van der Waals surface area contributed by atoms with Crippen LogP contribution in [0, 0.1) is 6.92 Å². The molecule has 5 nitrogen and oxygen atoms in total. The molecule has 0 atom stereocenters. The Morgan fingerprint density at radius 2 is 2.10 bits per heavy atom. The van der Waals surface area contributed by atoms with E-state index in [0.29, 0.717) is 25.1 Å². The van der Waals surface area contributed by atoms with Crippen LogP contribution in [0.1, 0.15) is 34.3 Å². The third kappa shape index (κ3) is 3.25. The number of benzene rings is 1. The van der Waals surface area contributed by atoms with Crippen molar-refractivity contribution in [3.63, 3.8) is 0 Å². The summed E-state index contributed by atoms with van der Waals surface area (Å²) in [6.45, 7) is 3.31. The van der Waals surface area contributed by atoms with Crippen molar-refractivity contribution in [2.45, 2.75) is 32.7 Å². The number of hydrogen-bond acceptors (Lipinski definition) is 3. The van der Waals surface area contributed by atoms with E-state index in [-0.39, 0.29) is 6.61 Å². The fourth-order valence-electron chi connectivity index (χ4n) is 2.72. The van der Waals surface area contributed by atoms with Gasteiger partial charge in [0.05, 0.1) is 11.1 Å². The average molecular weight is 290 g/mol. The number of hydrogen-bond donors (Lipinski definition) is 3. The van der Waals surface area contributed by atoms with Crippen LogP contribution >= 0.6 is 0 Å². The minimum atomic E-state index is -0.912. The van der Waals surface area contributed by atoms with Crippen LogP contribution in [0.15, 0.2) is 18.3 Å². The number of nitrogens with two attached hydrogens (primary N) is 1. The first-order valence-corrected chi connectivity index (χ1v) is 7.25. The number of rotatable bonds is 7. The Kier molecular flexibility index (Phi) is 4.98. The van der Waals surface area contributed by atoms with Crippen molar-refractivity contribution in [3.05, 3.63) is 35.0 Å². The molecular formula is C16H22N2O3. The molecule has 5 heteroatoms. The highest BCUT2D eigenvalue weighted by Crippen LogP contribution is 2.28. The van der Waals surface area contributed by atoms with Crippen molar-refractivity contribution < 1.29 is 15.0 Å². The van der Waals surface area contributed by atoms with Gasteiger partial charge in [0.2, 0.25) is 0 Å². The third-order valence-corrected chi connectivity index (χ3v) is 3.64. The van der Waals surface area contributed by atoms with Gasteiger partial charge >= 0.3 is 5.97 Å². The molecule has 0 fully saturated rings. The van der Waals surface area contributed by atoms with Gasteiger partial charge < -0.3 is 20.5 Å². The van der Waals surface area contributed by atoms with E-state index in [0.717, 1.165) is 34.9 Å². The van der Waals surface area contributed by atoms with Crippen LogP contribution in [0.5, 0.6) is 0 Å². The summed E-state index contributed by atoms with van der Waals surface area (Å²) in [5, 5.41) is 19.5. The first kappa shape index (κ1) is 15.5. The van der Waals surface area contributed by atoms with Crippen molar-refractivity contribution in [2.24, 2.45) is 5.73 Å². The van der Waals surface area contributed by atoms with Gasteiger partial charge in [-0.1, -0.05) is 0 Å². The normalized spacial score (nSPS) is 11.2. The van der Waals surface area contributed by atoms with Crippen molar-refractivity contribution in [3.8, 4) is 0 Å². The van der Waals surface area contributed by atoms with Crippen molar-refractivity contribution >= 4 is 16.9 Å². The number of fused-ring (bicyclic) bond motifs is 1. The third-order valence-electron chi connectivity index (χ3n) is 3.64. The zero-order chi connectivity index (χ0) is 15.4. The maximum absolute atomic E-state index is 11.5. The van der Waals surface area contributed by atoms with E-state index in [1.807, 2.05) is 23.8 Å². The highest BCUT2D eigenvalue weighted by molar-refractivity contribution is 6.03. The predicted octanol–water partition coefficient (Wildman–Crippen LogP) is 1.92. The number of aromatic nitrogens is 1. The smallest absolute Gasteiger partial charge is 0.337 e. The van der Waals surface area contributed by atoms with E-state index in [1.165, 1.54) is 0 Å². The van der Waals surface area contributed by atoms with Gasteiger partial charge in [0.15, 0.2) is 0 Å². The van der Waals surface area contributed by atoms with E-state index >= 15 is 0 Å². The number of carbonyl (C=O) groups is 1. The van der Waals surface area contributed by atoms with Crippen LogP contribution in [0.2, 0.25) is 0 Å². The molecule has 0 aliphatic heterocycles. The molecule has 1 aromatic carbocycles. The Morgan fingerprint density at radius 1 is 1.33 bits per heavy atom. The Morgan fingerprint density at radius 3 is 2.71 bits per heavy atom. The standard InChI is InChI=1S/C16H22N2O3/c1-11-8-13-12(4-2-7-19)10-18(6-3-5-17)15(13)14(9-11)16(20)21/h8-10,19H,2-7,17H2,1H3,(H,20,21). The molecule has 1 aromatic heterocycles. The lowest BCUT2D eigenvalue weighted by Gasteiger charge is -2.07. The van der Waals surface area contributed by atoms with Crippen LogP contribution in [-0.4, -0.2) is 33.9 Å². The summed E-state index contributed by atoms with van der Waals surface area (Å²) < 4.78 is 1.98. The lowest BCUT2D eigenvalue weighted by molar-refractivity contribution is 0.0698. The molecular weight excluding hydrogens is 268 g/mol. The van der Waals surface area contributed by atoms with Crippen LogP contribution in [-0.2, 0) is 13.0 Å². The molecule has 0 amide bonds. The molecule has 2 rings (SSSR count). The Labute approximate surface area is 124 Å². The monoisotopic (exact) mass is 290 g/mol. The van der Waals surface area contributed by atoms with Crippen LogP contribution in [0.4, 0.5) is 0 Å². The molecule has 0 radical (unpaired) electrons. The number of aromatic carboxylic acids is 1. The SMILES string of the molecule is Cc1cc(C(=O)O)c2c(c1)c(CCCO)cn2CCCN. The zero-order valence-electron chi connectivity index (χ0n) is 12.3. The summed E-state index contributed by atoms with van der Waals surface area (Å²) >= 11 is 0. The Balaban J connectivity index is 2.62. The first-order valence-electron chi connectivity index (χ1n) is 7.25. The van der Waals surface area contributed by atoms with Gasteiger partial charge in [-0.3, -0.25) is 0 Å². The van der Waals surface area contributed by atoms with Gasteiger partial charge in [0.1, 0.15) is 0 Å². The molecule has 21 heavy (non-hydrogen) atoms. The molecule has 4 N–H and O–H groups in total. The lowest BCUT2D eigenvalue weighted by atomic mass is 10.0. The van der Waals surface area contributed by atoms with Crippen molar-refractivity contribution in [1.82, 2.24) is 4.57 Å². The predicted molar refractivity (Wildman–Crippen MR) is 82.7 cm³/mol.